The van der Waals surface area contributed by atoms with E-state index < -0.39 is 39.4 Å². The summed E-state index contributed by atoms with van der Waals surface area (Å²) in [7, 11) is 0. The standard InChI is InChI=1S/C35H35ClN2O8S3/c1-6-48-32-27(20(2)39)31(41)37(32)28(34(47)45-19-21-7-13-24(14-8-21)38(43)44)29(30(40)35(3,4)5)46-25-15-9-22(10-16-25)33(42)49-26-17-11-23(36)12-18-26/h7-18,20,27,32,39H,6,19H2,1-5H3/t20-,27+,32-/m1/s1. The molecule has 1 fully saturated rings. The molecular weight excluding hydrogens is 708 g/mol. The highest BCUT2D eigenvalue weighted by Crippen LogP contribution is 2.42. The molecule has 1 amide bonds. The zero-order valence-electron chi connectivity index (χ0n) is 27.4. The van der Waals surface area contributed by atoms with E-state index in [0.29, 0.717) is 21.9 Å². The lowest BCUT2D eigenvalue weighted by atomic mass is 9.87. The lowest BCUT2D eigenvalue weighted by Crippen LogP contribution is -2.63. The number of aliphatic hydroxyl groups is 1. The number of nitro benzene ring substituents is 1. The van der Waals surface area contributed by atoms with Gasteiger partial charge in [0.25, 0.3) is 5.69 Å². The molecule has 1 saturated heterocycles. The van der Waals surface area contributed by atoms with E-state index in [1.165, 1.54) is 47.9 Å². The van der Waals surface area contributed by atoms with Crippen molar-refractivity contribution in [2.45, 2.75) is 57.6 Å². The molecule has 3 aromatic carbocycles. The Labute approximate surface area is 303 Å². The molecule has 3 atom stereocenters. The lowest BCUT2D eigenvalue weighted by molar-refractivity contribution is -0.384. The first kappa shape index (κ1) is 38.1. The van der Waals surface area contributed by atoms with E-state index in [-0.39, 0.29) is 39.7 Å². The first-order valence-electron chi connectivity index (χ1n) is 15.2. The van der Waals surface area contributed by atoms with Gasteiger partial charge in [0.15, 0.2) is 5.76 Å². The van der Waals surface area contributed by atoms with E-state index in [0.717, 1.165) is 16.7 Å². The molecule has 0 bridgehead atoms. The molecule has 0 unspecified atom stereocenters. The summed E-state index contributed by atoms with van der Waals surface area (Å²) in [5.74, 6) is -1.14. The van der Waals surface area contributed by atoms with Crippen molar-refractivity contribution in [3.63, 3.8) is 0 Å². The van der Waals surface area contributed by atoms with E-state index in [1.807, 2.05) is 6.92 Å². The number of hydrogen-bond acceptors (Lipinski definition) is 11. The third-order valence-corrected chi connectivity index (χ3v) is 10.0. The molecule has 3 aromatic rings. The van der Waals surface area contributed by atoms with Crippen LogP contribution in [0.4, 0.5) is 5.69 Å². The van der Waals surface area contributed by atoms with E-state index >= 15 is 0 Å². The summed E-state index contributed by atoms with van der Waals surface area (Å²) >= 11 is 14.1. The molecule has 1 aliphatic rings. The second-order valence-corrected chi connectivity index (χ2v) is 15.3. The van der Waals surface area contributed by atoms with Crippen molar-refractivity contribution < 1.29 is 33.9 Å². The normalized spacial score (nSPS) is 17.0. The summed E-state index contributed by atoms with van der Waals surface area (Å²) in [5.41, 5.74) is -0.207. The highest BCUT2D eigenvalue weighted by Gasteiger charge is 2.54. The number of thiocarbonyl (C=S) groups is 1. The number of amides is 1. The van der Waals surface area contributed by atoms with Crippen molar-refractivity contribution in [3.8, 4) is 5.75 Å². The van der Waals surface area contributed by atoms with Crippen molar-refractivity contribution >= 4 is 74.9 Å². The van der Waals surface area contributed by atoms with Gasteiger partial charge in [-0.25, -0.2) is 0 Å². The largest absolute Gasteiger partial charge is 0.477 e. The maximum Gasteiger partial charge on any atom is 0.269 e. The fourth-order valence-electron chi connectivity index (χ4n) is 4.74. The van der Waals surface area contributed by atoms with Crippen LogP contribution in [0.15, 0.2) is 89.1 Å². The average molecular weight is 743 g/mol. The molecule has 1 N–H and O–H groups in total. The molecule has 49 heavy (non-hydrogen) atoms. The lowest BCUT2D eigenvalue weighted by Gasteiger charge is -2.48. The second kappa shape index (κ2) is 16.3. The summed E-state index contributed by atoms with van der Waals surface area (Å²) in [6, 6.07) is 18.8. The molecule has 0 saturated carbocycles. The maximum atomic E-state index is 14.1. The van der Waals surface area contributed by atoms with Crippen LogP contribution in [0.5, 0.6) is 5.75 Å². The van der Waals surface area contributed by atoms with Gasteiger partial charge in [-0.1, -0.05) is 39.3 Å². The molecule has 258 valence electrons. The van der Waals surface area contributed by atoms with Crippen LogP contribution in [-0.2, 0) is 20.9 Å². The monoisotopic (exact) mass is 742 g/mol. The number of benzene rings is 3. The van der Waals surface area contributed by atoms with Gasteiger partial charge in [0.05, 0.1) is 22.3 Å². The summed E-state index contributed by atoms with van der Waals surface area (Å²) in [5, 5.41) is 21.1. The Bertz CT molecular complexity index is 1760. The predicted molar refractivity (Wildman–Crippen MR) is 195 cm³/mol. The minimum atomic E-state index is -0.995. The summed E-state index contributed by atoms with van der Waals surface area (Å²) < 4.78 is 12.2. The van der Waals surface area contributed by atoms with Gasteiger partial charge in [0.1, 0.15) is 18.1 Å². The fraction of sp³-hybridized carbons (Fsp3) is 0.314. The molecule has 0 aromatic heterocycles. The number of hydrogen-bond donors (Lipinski definition) is 1. The number of nitro groups is 1. The second-order valence-electron chi connectivity index (χ2n) is 12.0. The number of β-lactam (4-membered cyclic amide) rings is 1. The molecular formula is C35H35ClN2O8S3. The van der Waals surface area contributed by atoms with Crippen molar-refractivity contribution in [1.29, 1.82) is 0 Å². The van der Waals surface area contributed by atoms with E-state index in [4.69, 9.17) is 33.3 Å². The minimum absolute atomic E-state index is 0.0665. The number of Topliss-reactive ketones (excluding diaryl/α,β-unsaturated/α-hetero) is 1. The van der Waals surface area contributed by atoms with Gasteiger partial charge >= 0.3 is 0 Å². The Morgan fingerprint density at radius 2 is 1.67 bits per heavy atom. The number of rotatable bonds is 13. The Morgan fingerprint density at radius 3 is 2.20 bits per heavy atom. The number of allylic oxidation sites excluding steroid dienone is 1. The average Bonchev–Trinajstić information content (AvgIpc) is 3.05. The van der Waals surface area contributed by atoms with Crippen molar-refractivity contribution in [3.05, 3.63) is 111 Å². The topological polar surface area (TPSA) is 136 Å². The quantitative estimate of drug-likeness (QED) is 0.0349. The van der Waals surface area contributed by atoms with Crippen LogP contribution in [0, 0.1) is 21.4 Å². The number of aliphatic hydroxyl groups excluding tert-OH is 1. The van der Waals surface area contributed by atoms with Crippen molar-refractivity contribution in [1.82, 2.24) is 4.90 Å². The third-order valence-electron chi connectivity index (χ3n) is 7.33. The smallest absolute Gasteiger partial charge is 0.269 e. The Morgan fingerprint density at radius 1 is 1.06 bits per heavy atom. The first-order valence-corrected chi connectivity index (χ1v) is 17.9. The fourth-order valence-corrected chi connectivity index (χ4v) is 7.10. The number of carbonyl (C=O) groups excluding carboxylic acids is 3. The SMILES string of the molecule is CCS[C@@H]1[C@@H]([C@@H](C)O)C(=O)N1C(C(=S)OCc1ccc([N+](=O)[O-])cc1)=C(Oc1ccc(C(=O)Sc2ccc(Cl)cc2)cc1)C(=O)C(C)(C)C. The maximum absolute atomic E-state index is 14.1. The number of thioether (sulfide) groups is 2. The van der Waals surface area contributed by atoms with Crippen molar-refractivity contribution in [2.75, 3.05) is 5.75 Å². The predicted octanol–water partition coefficient (Wildman–Crippen LogP) is 7.85. The third kappa shape index (κ3) is 9.28. The van der Waals surface area contributed by atoms with Gasteiger partial charge in [0, 0.05) is 33.0 Å². The van der Waals surface area contributed by atoms with Gasteiger partial charge in [-0.3, -0.25) is 29.4 Å². The Hall–Kier alpha value is -3.75. The number of ether oxygens (including phenoxy) is 2. The molecule has 4 rings (SSSR count). The van der Waals surface area contributed by atoms with Crippen molar-refractivity contribution in [2.24, 2.45) is 11.3 Å². The van der Waals surface area contributed by atoms with Crippen LogP contribution in [0.25, 0.3) is 0 Å². The summed E-state index contributed by atoms with van der Waals surface area (Å²) in [4.78, 5) is 53.4. The van der Waals surface area contributed by atoms with Gasteiger partial charge in [0.2, 0.25) is 21.9 Å². The molecule has 1 heterocycles. The molecule has 0 aliphatic carbocycles. The number of non-ortho nitro benzene ring substituents is 1. The molecule has 0 spiro atoms. The zero-order chi connectivity index (χ0) is 36.0. The van der Waals surface area contributed by atoms with Gasteiger partial charge in [-0.2, -0.15) is 0 Å². The van der Waals surface area contributed by atoms with Crippen LogP contribution >= 0.6 is 47.3 Å². The Balaban J connectivity index is 1.73. The number of likely N-dealkylation sites (tertiary alicyclic amines) is 1. The summed E-state index contributed by atoms with van der Waals surface area (Å²) in [6.45, 7) is 8.41. The number of ketones is 1. The molecule has 0 radical (unpaired) electrons. The van der Waals surface area contributed by atoms with E-state index in [2.05, 4.69) is 0 Å². The number of carbonyl (C=O) groups is 3. The molecule has 10 nitrogen and oxygen atoms in total. The van der Waals surface area contributed by atoms with E-state index in [1.54, 1.807) is 69.3 Å². The number of halogens is 1. The van der Waals surface area contributed by atoms with Crippen LogP contribution in [0.1, 0.15) is 50.5 Å². The first-order chi connectivity index (χ1) is 23.1. The van der Waals surface area contributed by atoms with Gasteiger partial charge < -0.3 is 14.6 Å². The van der Waals surface area contributed by atoms with Crippen LogP contribution in [-0.4, -0.2) is 54.0 Å². The summed E-state index contributed by atoms with van der Waals surface area (Å²) in [6.07, 6.45) is -0.970. The minimum Gasteiger partial charge on any atom is -0.477 e. The van der Waals surface area contributed by atoms with Gasteiger partial charge in [-0.05, 0) is 103 Å². The molecule has 14 heteroatoms. The molecule has 1 aliphatic heterocycles. The zero-order valence-corrected chi connectivity index (χ0v) is 30.6. The highest BCUT2D eigenvalue weighted by atomic mass is 35.5. The van der Waals surface area contributed by atoms with Crippen LogP contribution in [0.2, 0.25) is 5.02 Å². The van der Waals surface area contributed by atoms with Crippen LogP contribution < -0.4 is 4.74 Å². The number of nitrogens with zero attached hydrogens (tertiary/aromatic N) is 2. The van der Waals surface area contributed by atoms with E-state index in [9.17, 15) is 29.6 Å². The van der Waals surface area contributed by atoms with Gasteiger partial charge in [-0.15, -0.1) is 11.8 Å². The van der Waals surface area contributed by atoms with Crippen LogP contribution in [0.3, 0.4) is 0 Å². The highest BCUT2D eigenvalue weighted by molar-refractivity contribution is 8.14. The Kier molecular flexibility index (Phi) is 12.7.